The molecule has 0 radical (unpaired) electrons. The van der Waals surface area contributed by atoms with Crippen LogP contribution in [0.2, 0.25) is 0 Å². The quantitative estimate of drug-likeness (QED) is 0.681. The molecule has 0 unspecified atom stereocenters. The highest BCUT2D eigenvalue weighted by Crippen LogP contribution is 2.30. The topological polar surface area (TPSA) is 60.7 Å². The van der Waals surface area contributed by atoms with E-state index in [1.165, 1.54) is 24.3 Å². The van der Waals surface area contributed by atoms with Gasteiger partial charge in [0, 0.05) is 23.5 Å². The number of pyridine rings is 1. The molecule has 0 amide bonds. The van der Waals surface area contributed by atoms with Crippen molar-refractivity contribution in [1.82, 2.24) is 20.0 Å². The minimum absolute atomic E-state index is 0.375. The summed E-state index contributed by atoms with van der Waals surface area (Å²) >= 11 is 5.53. The largest absolute Gasteiger partial charge is 0.342 e. The van der Waals surface area contributed by atoms with Crippen molar-refractivity contribution in [2.75, 3.05) is 0 Å². The smallest absolute Gasteiger partial charge is 0.265 e. The minimum atomic E-state index is -0.790. The van der Waals surface area contributed by atoms with Crippen LogP contribution in [-0.2, 0) is 0 Å². The summed E-state index contributed by atoms with van der Waals surface area (Å²) in [6.07, 6.45) is 3.20. The number of hydrogen-bond acceptors (Lipinski definition) is 4. The Labute approximate surface area is 124 Å². The van der Waals surface area contributed by atoms with Crippen molar-refractivity contribution in [2.45, 2.75) is 0 Å². The van der Waals surface area contributed by atoms with E-state index in [-0.39, 0.29) is 5.82 Å². The second kappa shape index (κ2) is 5.41. The van der Waals surface area contributed by atoms with E-state index in [1.54, 1.807) is 24.5 Å². The zero-order chi connectivity index (χ0) is 14.8. The van der Waals surface area contributed by atoms with E-state index < -0.39 is 5.37 Å². The molecule has 7 heteroatoms. The van der Waals surface area contributed by atoms with Gasteiger partial charge in [-0.1, -0.05) is 5.21 Å². The first-order chi connectivity index (χ1) is 10.2. The van der Waals surface area contributed by atoms with Crippen molar-refractivity contribution in [3.63, 3.8) is 0 Å². The third-order valence-corrected chi connectivity index (χ3v) is 3.07. The van der Waals surface area contributed by atoms with Crippen LogP contribution < -0.4 is 0 Å². The van der Waals surface area contributed by atoms with E-state index in [0.717, 1.165) is 10.2 Å². The van der Waals surface area contributed by atoms with Gasteiger partial charge in [-0.05, 0) is 48.0 Å². The maximum absolute atomic E-state index is 13.1. The second-order valence-corrected chi connectivity index (χ2v) is 4.52. The van der Waals surface area contributed by atoms with Gasteiger partial charge >= 0.3 is 5.37 Å². The van der Waals surface area contributed by atoms with Crippen molar-refractivity contribution in [3.05, 3.63) is 54.6 Å². The number of benzene rings is 1. The summed E-state index contributed by atoms with van der Waals surface area (Å²) in [5.74, 6) is -0.375. The van der Waals surface area contributed by atoms with Gasteiger partial charge in [0.25, 0.3) is 0 Å². The van der Waals surface area contributed by atoms with Gasteiger partial charge in [0.05, 0.1) is 0 Å². The Hall–Kier alpha value is -2.60. The fraction of sp³-hybridized carbons (Fsp3) is 0. The molecule has 0 bridgehead atoms. The van der Waals surface area contributed by atoms with Crippen LogP contribution in [0.25, 0.3) is 22.5 Å². The van der Waals surface area contributed by atoms with Crippen LogP contribution in [0.5, 0.6) is 0 Å². The molecular formula is C14H8ClFN4O. The lowest BCUT2D eigenvalue weighted by Gasteiger charge is -2.05. The Morgan fingerprint density at radius 3 is 2.33 bits per heavy atom. The summed E-state index contributed by atoms with van der Waals surface area (Å²) in [7, 11) is 0. The summed E-state index contributed by atoms with van der Waals surface area (Å²) in [5, 5.41) is 6.96. The molecule has 21 heavy (non-hydrogen) atoms. The van der Waals surface area contributed by atoms with Crippen molar-refractivity contribution in [2.24, 2.45) is 0 Å². The SMILES string of the molecule is O=C(Cl)n1nnc(-c2ccncc2)c1-c1ccc(F)cc1. The number of rotatable bonds is 2. The molecule has 0 spiro atoms. The van der Waals surface area contributed by atoms with Gasteiger partial charge in [0.2, 0.25) is 0 Å². The first kappa shape index (κ1) is 13.4. The molecule has 2 aromatic heterocycles. The molecule has 0 aliphatic rings. The van der Waals surface area contributed by atoms with E-state index in [9.17, 15) is 9.18 Å². The van der Waals surface area contributed by atoms with Crippen molar-refractivity contribution >= 4 is 17.0 Å². The van der Waals surface area contributed by atoms with E-state index in [1.807, 2.05) is 0 Å². The van der Waals surface area contributed by atoms with Gasteiger partial charge in [-0.15, -0.1) is 5.10 Å². The van der Waals surface area contributed by atoms with E-state index in [4.69, 9.17) is 11.6 Å². The molecule has 3 aromatic rings. The summed E-state index contributed by atoms with van der Waals surface area (Å²) in [5.41, 5.74) is 2.19. The molecular weight excluding hydrogens is 295 g/mol. The predicted molar refractivity (Wildman–Crippen MR) is 75.3 cm³/mol. The standard InChI is InChI=1S/C14H8ClFN4O/c15-14(21)20-13(10-1-3-11(16)4-2-10)12(18-19-20)9-5-7-17-8-6-9/h1-8H. The Bertz CT molecular complexity index is 786. The zero-order valence-corrected chi connectivity index (χ0v) is 11.3. The number of nitrogens with zero attached hydrogens (tertiary/aromatic N) is 4. The molecule has 5 nitrogen and oxygen atoms in total. The van der Waals surface area contributed by atoms with Crippen LogP contribution in [0.3, 0.4) is 0 Å². The van der Waals surface area contributed by atoms with Crippen molar-refractivity contribution in [1.29, 1.82) is 0 Å². The first-order valence-electron chi connectivity index (χ1n) is 5.98. The number of carbonyl (C=O) groups is 1. The normalized spacial score (nSPS) is 10.6. The highest BCUT2D eigenvalue weighted by molar-refractivity contribution is 6.63. The molecule has 0 saturated carbocycles. The van der Waals surface area contributed by atoms with Crippen molar-refractivity contribution < 1.29 is 9.18 Å². The van der Waals surface area contributed by atoms with Crippen LogP contribution in [0.1, 0.15) is 0 Å². The lowest BCUT2D eigenvalue weighted by Crippen LogP contribution is -2.06. The molecule has 0 fully saturated rings. The van der Waals surface area contributed by atoms with Crippen LogP contribution in [-0.4, -0.2) is 25.3 Å². The number of aromatic nitrogens is 4. The monoisotopic (exact) mass is 302 g/mol. The fourth-order valence-corrected chi connectivity index (χ4v) is 2.09. The van der Waals surface area contributed by atoms with Gasteiger partial charge in [0.15, 0.2) is 0 Å². The fourth-order valence-electron chi connectivity index (χ4n) is 1.98. The zero-order valence-electron chi connectivity index (χ0n) is 10.6. The molecule has 2 heterocycles. The minimum Gasteiger partial charge on any atom is -0.265 e. The highest BCUT2D eigenvalue weighted by Gasteiger charge is 2.19. The molecule has 0 atom stereocenters. The number of halogens is 2. The molecule has 104 valence electrons. The average Bonchev–Trinajstić information content (AvgIpc) is 2.94. The summed E-state index contributed by atoms with van der Waals surface area (Å²) in [4.78, 5) is 15.4. The number of hydrogen-bond donors (Lipinski definition) is 0. The average molecular weight is 303 g/mol. The molecule has 0 aliphatic heterocycles. The second-order valence-electron chi connectivity index (χ2n) is 4.19. The van der Waals surface area contributed by atoms with Crippen LogP contribution in [0.4, 0.5) is 9.18 Å². The third-order valence-electron chi connectivity index (χ3n) is 2.91. The van der Waals surface area contributed by atoms with E-state index in [2.05, 4.69) is 15.3 Å². The van der Waals surface area contributed by atoms with Crippen molar-refractivity contribution in [3.8, 4) is 22.5 Å². The third kappa shape index (κ3) is 2.53. The Balaban J connectivity index is 2.23. The maximum atomic E-state index is 13.1. The molecule has 0 N–H and O–H groups in total. The lowest BCUT2D eigenvalue weighted by molar-refractivity contribution is 0.258. The molecule has 3 rings (SSSR count). The summed E-state index contributed by atoms with van der Waals surface area (Å²) in [6.45, 7) is 0. The van der Waals surface area contributed by atoms with Gasteiger partial charge in [-0.25, -0.2) is 4.39 Å². The first-order valence-corrected chi connectivity index (χ1v) is 6.36. The van der Waals surface area contributed by atoms with Gasteiger partial charge in [-0.3, -0.25) is 9.78 Å². The summed E-state index contributed by atoms with van der Waals surface area (Å²) < 4.78 is 14.0. The Kier molecular flexibility index (Phi) is 3.45. The van der Waals surface area contributed by atoms with Crippen LogP contribution in [0.15, 0.2) is 48.8 Å². The molecule has 0 aliphatic carbocycles. The number of carbonyl (C=O) groups excluding carboxylic acids is 1. The Morgan fingerprint density at radius 2 is 1.71 bits per heavy atom. The molecule has 0 saturated heterocycles. The van der Waals surface area contributed by atoms with Crippen LogP contribution >= 0.6 is 11.6 Å². The molecule has 1 aromatic carbocycles. The predicted octanol–water partition coefficient (Wildman–Crippen LogP) is 3.35. The van der Waals surface area contributed by atoms with E-state index >= 15 is 0 Å². The lowest BCUT2D eigenvalue weighted by atomic mass is 10.1. The van der Waals surface area contributed by atoms with Crippen LogP contribution in [0, 0.1) is 5.82 Å². The highest BCUT2D eigenvalue weighted by atomic mass is 35.5. The van der Waals surface area contributed by atoms with E-state index in [0.29, 0.717) is 17.0 Å². The Morgan fingerprint density at radius 1 is 1.05 bits per heavy atom. The van der Waals surface area contributed by atoms with Gasteiger partial charge in [-0.2, -0.15) is 4.68 Å². The maximum Gasteiger partial charge on any atom is 0.342 e. The van der Waals surface area contributed by atoms with Gasteiger partial charge < -0.3 is 0 Å². The van der Waals surface area contributed by atoms with Gasteiger partial charge in [0.1, 0.15) is 17.2 Å². The summed E-state index contributed by atoms with van der Waals surface area (Å²) in [6, 6.07) is 9.13.